The van der Waals surface area contributed by atoms with E-state index in [0.29, 0.717) is 34.0 Å². The van der Waals surface area contributed by atoms with Gasteiger partial charge in [0.15, 0.2) is 0 Å². The maximum atomic E-state index is 6.28. The molecule has 5 heteroatoms. The Hall–Kier alpha value is -0.770. The second-order valence-electron chi connectivity index (χ2n) is 6.62. The lowest BCUT2D eigenvalue weighted by Gasteiger charge is -2.43. The number of rotatable bonds is 4. The molecule has 0 N–H and O–H groups in total. The van der Waals surface area contributed by atoms with E-state index < -0.39 is 0 Å². The summed E-state index contributed by atoms with van der Waals surface area (Å²) < 4.78 is 0. The molecule has 1 unspecified atom stereocenters. The van der Waals surface area contributed by atoms with E-state index in [-0.39, 0.29) is 0 Å². The van der Waals surface area contributed by atoms with Gasteiger partial charge in [-0.25, -0.2) is 0 Å². The Kier molecular flexibility index (Phi) is 5.19. The van der Waals surface area contributed by atoms with Gasteiger partial charge in [0.2, 0.25) is 0 Å². The zero-order valence-electron chi connectivity index (χ0n) is 13.9. The Morgan fingerprint density at radius 1 is 1.30 bits per heavy atom. The maximum absolute atomic E-state index is 6.28. The Balaban J connectivity index is 2.01. The molecule has 126 valence electrons. The first-order chi connectivity index (χ1) is 11.1. The molecule has 2 heterocycles. The zero-order valence-corrected chi connectivity index (χ0v) is 15.4. The lowest BCUT2D eigenvalue weighted by molar-refractivity contribution is 0.127. The molecule has 0 amide bonds. The zero-order chi connectivity index (χ0) is 16.6. The van der Waals surface area contributed by atoms with E-state index in [2.05, 4.69) is 30.1 Å². The number of halogens is 2. The van der Waals surface area contributed by atoms with Crippen molar-refractivity contribution < 1.29 is 4.84 Å². The summed E-state index contributed by atoms with van der Waals surface area (Å²) in [6.07, 6.45) is 4.54. The topological polar surface area (TPSA) is 24.8 Å². The van der Waals surface area contributed by atoms with E-state index in [9.17, 15) is 0 Å². The molecular weight excluding hydrogens is 331 g/mol. The standard InChI is InChI=1S/C18H24Cl2N2O/c1-4-16(21-23-3)18-13(10-12-6-8-17(18)22(12)2)11-5-7-14(19)15(20)9-11/h5,7,9,12-13,17-18H,4,6,8,10H2,1-3H3/t12?,13-,17-,18-/m1/s1. The number of piperidine rings is 1. The smallest absolute Gasteiger partial charge is 0.106 e. The minimum atomic E-state index is 0.376. The summed E-state index contributed by atoms with van der Waals surface area (Å²) in [5, 5.41) is 5.61. The third kappa shape index (κ3) is 3.11. The minimum Gasteiger partial charge on any atom is -0.399 e. The van der Waals surface area contributed by atoms with Crippen molar-refractivity contribution in [3.8, 4) is 0 Å². The Labute approximate surface area is 148 Å². The van der Waals surface area contributed by atoms with Crippen LogP contribution in [0.5, 0.6) is 0 Å². The number of fused-ring (bicyclic) bond motifs is 2. The molecule has 1 aromatic carbocycles. The fourth-order valence-corrected chi connectivity index (χ4v) is 4.79. The lowest BCUT2D eigenvalue weighted by atomic mass is 9.73. The molecule has 2 fully saturated rings. The summed E-state index contributed by atoms with van der Waals surface area (Å²) in [6, 6.07) is 7.25. The number of hydrogen-bond donors (Lipinski definition) is 0. The molecule has 0 spiro atoms. The molecule has 4 atom stereocenters. The van der Waals surface area contributed by atoms with E-state index in [1.54, 1.807) is 7.11 Å². The van der Waals surface area contributed by atoms with Gasteiger partial charge in [-0.2, -0.15) is 0 Å². The summed E-state index contributed by atoms with van der Waals surface area (Å²) in [5.41, 5.74) is 2.42. The molecule has 0 radical (unpaired) electrons. The number of benzene rings is 1. The first kappa shape index (κ1) is 17.1. The summed E-state index contributed by atoms with van der Waals surface area (Å²) >= 11 is 12.4. The molecular formula is C18H24Cl2N2O. The third-order valence-corrected chi connectivity index (χ3v) is 6.34. The average molecular weight is 355 g/mol. The summed E-state index contributed by atoms with van der Waals surface area (Å²) in [5.74, 6) is 0.799. The van der Waals surface area contributed by atoms with E-state index in [0.717, 1.165) is 18.6 Å². The van der Waals surface area contributed by atoms with Gasteiger partial charge in [-0.15, -0.1) is 0 Å². The average Bonchev–Trinajstić information content (AvgIpc) is 2.78. The van der Waals surface area contributed by atoms with Crippen LogP contribution < -0.4 is 0 Å². The van der Waals surface area contributed by atoms with Crippen LogP contribution >= 0.6 is 23.2 Å². The van der Waals surface area contributed by atoms with Crippen molar-refractivity contribution >= 4 is 28.9 Å². The number of nitrogens with zero attached hydrogens (tertiary/aromatic N) is 2. The van der Waals surface area contributed by atoms with Crippen molar-refractivity contribution in [2.24, 2.45) is 11.1 Å². The first-order valence-corrected chi connectivity index (χ1v) is 9.09. The Morgan fingerprint density at radius 3 is 2.74 bits per heavy atom. The fourth-order valence-electron chi connectivity index (χ4n) is 4.49. The fraction of sp³-hybridized carbons (Fsp3) is 0.611. The van der Waals surface area contributed by atoms with Crippen LogP contribution in [0, 0.1) is 5.92 Å². The Morgan fingerprint density at radius 2 is 2.09 bits per heavy atom. The highest BCUT2D eigenvalue weighted by Gasteiger charge is 2.47. The molecule has 2 bridgehead atoms. The molecule has 3 nitrogen and oxygen atoms in total. The van der Waals surface area contributed by atoms with Crippen LogP contribution in [0.3, 0.4) is 0 Å². The van der Waals surface area contributed by atoms with E-state index in [1.165, 1.54) is 18.4 Å². The lowest BCUT2D eigenvalue weighted by Crippen LogP contribution is -2.48. The second kappa shape index (κ2) is 7.00. The second-order valence-corrected chi connectivity index (χ2v) is 7.44. The minimum absolute atomic E-state index is 0.376. The van der Waals surface area contributed by atoms with Crippen molar-refractivity contribution in [1.82, 2.24) is 4.90 Å². The molecule has 2 saturated heterocycles. The van der Waals surface area contributed by atoms with Gasteiger partial charge in [0.1, 0.15) is 7.11 Å². The number of oxime groups is 1. The summed E-state index contributed by atoms with van der Waals surface area (Å²) in [7, 11) is 3.88. The van der Waals surface area contributed by atoms with Crippen LogP contribution in [-0.4, -0.2) is 36.9 Å². The van der Waals surface area contributed by atoms with Gasteiger partial charge in [0.25, 0.3) is 0 Å². The SMILES string of the molecule is CCC(=NOC)[C@H]1[C@@H](c2ccc(Cl)c(Cl)c2)CC2CC[C@H]1N2C. The van der Waals surface area contributed by atoms with Crippen molar-refractivity contribution in [2.75, 3.05) is 14.2 Å². The summed E-state index contributed by atoms with van der Waals surface area (Å²) in [6.45, 7) is 2.16. The van der Waals surface area contributed by atoms with Gasteiger partial charge in [0.05, 0.1) is 15.8 Å². The molecule has 0 saturated carbocycles. The van der Waals surface area contributed by atoms with Gasteiger partial charge in [-0.1, -0.05) is 41.3 Å². The van der Waals surface area contributed by atoms with Gasteiger partial charge in [-0.05, 0) is 56.3 Å². The molecule has 0 aromatic heterocycles. The van der Waals surface area contributed by atoms with Crippen LogP contribution in [0.4, 0.5) is 0 Å². The van der Waals surface area contributed by atoms with E-state index in [1.807, 2.05) is 12.1 Å². The normalized spacial score (nSPS) is 31.4. The molecule has 23 heavy (non-hydrogen) atoms. The third-order valence-electron chi connectivity index (χ3n) is 5.60. The molecule has 1 aromatic rings. The van der Waals surface area contributed by atoms with Gasteiger partial charge in [-0.3, -0.25) is 4.90 Å². The number of hydrogen-bond acceptors (Lipinski definition) is 3. The predicted molar refractivity (Wildman–Crippen MR) is 96.6 cm³/mol. The molecule has 2 aliphatic heterocycles. The van der Waals surface area contributed by atoms with Crippen LogP contribution in [0.1, 0.15) is 44.1 Å². The Bertz CT molecular complexity index is 605. The van der Waals surface area contributed by atoms with E-state index in [4.69, 9.17) is 28.0 Å². The van der Waals surface area contributed by atoms with Gasteiger partial charge >= 0.3 is 0 Å². The monoisotopic (exact) mass is 354 g/mol. The molecule has 2 aliphatic rings. The van der Waals surface area contributed by atoms with Crippen LogP contribution in [0.2, 0.25) is 10.0 Å². The molecule has 3 rings (SSSR count). The van der Waals surface area contributed by atoms with Crippen molar-refractivity contribution in [3.63, 3.8) is 0 Å². The highest BCUT2D eigenvalue weighted by molar-refractivity contribution is 6.42. The maximum Gasteiger partial charge on any atom is 0.106 e. The van der Waals surface area contributed by atoms with Crippen molar-refractivity contribution in [3.05, 3.63) is 33.8 Å². The van der Waals surface area contributed by atoms with Crippen molar-refractivity contribution in [2.45, 2.75) is 50.6 Å². The summed E-state index contributed by atoms with van der Waals surface area (Å²) in [4.78, 5) is 7.68. The van der Waals surface area contributed by atoms with Crippen LogP contribution in [0.15, 0.2) is 23.4 Å². The largest absolute Gasteiger partial charge is 0.399 e. The first-order valence-electron chi connectivity index (χ1n) is 8.33. The highest BCUT2D eigenvalue weighted by atomic mass is 35.5. The highest BCUT2D eigenvalue weighted by Crippen LogP contribution is 2.47. The molecule has 0 aliphatic carbocycles. The van der Waals surface area contributed by atoms with Crippen LogP contribution in [0.25, 0.3) is 0 Å². The quantitative estimate of drug-likeness (QED) is 0.563. The van der Waals surface area contributed by atoms with Gasteiger partial charge in [0, 0.05) is 18.0 Å². The van der Waals surface area contributed by atoms with E-state index >= 15 is 0 Å². The predicted octanol–water partition coefficient (Wildman–Crippen LogP) is 4.97. The van der Waals surface area contributed by atoms with Crippen molar-refractivity contribution in [1.29, 1.82) is 0 Å². The van der Waals surface area contributed by atoms with Gasteiger partial charge < -0.3 is 4.84 Å². The van der Waals surface area contributed by atoms with Crippen LogP contribution in [-0.2, 0) is 4.84 Å².